The average Bonchev–Trinajstić information content (AvgIpc) is 3.27. The number of nitrogens with zero attached hydrogens (tertiary/aromatic N) is 1. The molecule has 1 aromatic heterocycles. The average molecular weight is 345 g/mol. The van der Waals surface area contributed by atoms with Gasteiger partial charge >= 0.3 is 6.03 Å². The first-order valence-electron chi connectivity index (χ1n) is 8.39. The molecule has 1 aliphatic rings. The summed E-state index contributed by atoms with van der Waals surface area (Å²) < 4.78 is 5.55. The Morgan fingerprint density at radius 2 is 2.25 bits per heavy atom. The second kappa shape index (κ2) is 8.26. The summed E-state index contributed by atoms with van der Waals surface area (Å²) >= 11 is 1.57. The zero-order chi connectivity index (χ0) is 16.8. The molecular weight excluding hydrogens is 322 g/mol. The Bertz CT molecular complexity index is 653. The van der Waals surface area contributed by atoms with Gasteiger partial charge in [-0.1, -0.05) is 30.3 Å². The number of hydrogen-bond donors (Lipinski definition) is 2. The van der Waals surface area contributed by atoms with Crippen molar-refractivity contribution in [2.75, 3.05) is 13.2 Å². The summed E-state index contributed by atoms with van der Waals surface area (Å²) in [4.78, 5) is 16.6. The fourth-order valence-electron chi connectivity index (χ4n) is 2.76. The van der Waals surface area contributed by atoms with E-state index in [0.29, 0.717) is 12.6 Å². The lowest BCUT2D eigenvalue weighted by atomic mass is 10.2. The monoisotopic (exact) mass is 345 g/mol. The number of amides is 2. The molecule has 2 amide bonds. The molecule has 128 valence electrons. The fraction of sp³-hybridized carbons (Fsp3) is 0.444. The predicted octanol–water partition coefficient (Wildman–Crippen LogP) is 3.74. The van der Waals surface area contributed by atoms with Gasteiger partial charge in [0.2, 0.25) is 0 Å². The van der Waals surface area contributed by atoms with Gasteiger partial charge in [-0.3, -0.25) is 0 Å². The number of carbonyl (C=O) groups excluding carboxylic acids is 1. The van der Waals surface area contributed by atoms with Crippen LogP contribution in [0.3, 0.4) is 0 Å². The summed E-state index contributed by atoms with van der Waals surface area (Å²) in [5, 5.41) is 8.77. The molecule has 2 atom stereocenters. The van der Waals surface area contributed by atoms with Crippen molar-refractivity contribution in [1.29, 1.82) is 0 Å². The third-order valence-electron chi connectivity index (χ3n) is 4.09. The first kappa shape index (κ1) is 16.9. The molecule has 3 rings (SSSR count). The van der Waals surface area contributed by atoms with E-state index in [-0.39, 0.29) is 12.1 Å². The molecule has 6 heteroatoms. The van der Waals surface area contributed by atoms with Gasteiger partial charge in [0.1, 0.15) is 5.01 Å². The number of thiazole rings is 1. The number of benzene rings is 1. The van der Waals surface area contributed by atoms with Crippen LogP contribution in [-0.4, -0.2) is 30.3 Å². The van der Waals surface area contributed by atoms with E-state index in [1.807, 2.05) is 42.6 Å². The van der Waals surface area contributed by atoms with Crippen LogP contribution in [0.15, 0.2) is 35.7 Å². The number of aromatic nitrogens is 1. The summed E-state index contributed by atoms with van der Waals surface area (Å²) in [6.45, 7) is 3.44. The van der Waals surface area contributed by atoms with Gasteiger partial charge in [-0.05, 0) is 26.2 Å². The third-order valence-corrected chi connectivity index (χ3v) is 5.11. The van der Waals surface area contributed by atoms with Gasteiger partial charge in [0.25, 0.3) is 0 Å². The minimum absolute atomic E-state index is 0.116. The van der Waals surface area contributed by atoms with E-state index >= 15 is 0 Å². The van der Waals surface area contributed by atoms with Crippen molar-refractivity contribution in [1.82, 2.24) is 15.6 Å². The van der Waals surface area contributed by atoms with Crippen LogP contribution in [0.5, 0.6) is 0 Å². The number of carbonyl (C=O) groups is 1. The molecule has 0 spiro atoms. The van der Waals surface area contributed by atoms with Crippen LogP contribution < -0.4 is 10.6 Å². The van der Waals surface area contributed by atoms with Gasteiger partial charge in [-0.15, -0.1) is 11.3 Å². The first-order valence-corrected chi connectivity index (χ1v) is 9.27. The Hall–Kier alpha value is -1.92. The zero-order valence-electron chi connectivity index (χ0n) is 13.8. The van der Waals surface area contributed by atoms with Crippen molar-refractivity contribution in [3.05, 3.63) is 40.7 Å². The van der Waals surface area contributed by atoms with E-state index in [0.717, 1.165) is 42.1 Å². The number of hydrogen-bond acceptors (Lipinski definition) is 4. The van der Waals surface area contributed by atoms with Crippen molar-refractivity contribution >= 4 is 17.4 Å². The highest BCUT2D eigenvalue weighted by molar-refractivity contribution is 7.10. The fourth-order valence-corrected chi connectivity index (χ4v) is 3.59. The SMILES string of the molecule is C[C@@H](NC(=O)NCC[C@H]1CCCO1)c1nc(-c2ccccc2)cs1. The predicted molar refractivity (Wildman–Crippen MR) is 96.1 cm³/mol. The second-order valence-corrected chi connectivity index (χ2v) is 6.87. The van der Waals surface area contributed by atoms with Gasteiger partial charge in [0, 0.05) is 24.1 Å². The van der Waals surface area contributed by atoms with Crippen LogP contribution in [0.2, 0.25) is 0 Å². The normalized spacial score (nSPS) is 18.3. The van der Waals surface area contributed by atoms with Crippen molar-refractivity contribution in [2.24, 2.45) is 0 Å². The van der Waals surface area contributed by atoms with Crippen molar-refractivity contribution < 1.29 is 9.53 Å². The molecule has 1 saturated heterocycles. The molecule has 0 radical (unpaired) electrons. The Morgan fingerprint density at radius 1 is 1.42 bits per heavy atom. The Labute approximate surface area is 146 Å². The third kappa shape index (κ3) is 4.55. The van der Waals surface area contributed by atoms with Gasteiger partial charge < -0.3 is 15.4 Å². The van der Waals surface area contributed by atoms with Crippen molar-refractivity contribution in [3.8, 4) is 11.3 Å². The lowest BCUT2D eigenvalue weighted by Gasteiger charge is -2.14. The highest BCUT2D eigenvalue weighted by Gasteiger charge is 2.16. The van der Waals surface area contributed by atoms with Crippen LogP contribution in [0.4, 0.5) is 4.79 Å². The van der Waals surface area contributed by atoms with Gasteiger partial charge in [-0.2, -0.15) is 0 Å². The maximum Gasteiger partial charge on any atom is 0.315 e. The molecule has 0 bridgehead atoms. The lowest BCUT2D eigenvalue weighted by molar-refractivity contribution is 0.104. The summed E-state index contributed by atoms with van der Waals surface area (Å²) in [6, 6.07) is 9.78. The van der Waals surface area contributed by atoms with E-state index in [1.54, 1.807) is 11.3 Å². The van der Waals surface area contributed by atoms with Crippen LogP contribution in [0, 0.1) is 0 Å². The molecule has 0 aliphatic carbocycles. The number of urea groups is 1. The topological polar surface area (TPSA) is 63.2 Å². The maximum absolute atomic E-state index is 12.0. The second-order valence-electron chi connectivity index (χ2n) is 5.98. The van der Waals surface area contributed by atoms with E-state index in [4.69, 9.17) is 4.74 Å². The highest BCUT2D eigenvalue weighted by Crippen LogP contribution is 2.25. The molecule has 0 saturated carbocycles. The van der Waals surface area contributed by atoms with E-state index in [2.05, 4.69) is 15.6 Å². The van der Waals surface area contributed by atoms with Crippen molar-refractivity contribution in [3.63, 3.8) is 0 Å². The van der Waals surface area contributed by atoms with E-state index < -0.39 is 0 Å². The van der Waals surface area contributed by atoms with Crippen molar-refractivity contribution in [2.45, 2.75) is 38.3 Å². The van der Waals surface area contributed by atoms with Crippen LogP contribution >= 0.6 is 11.3 Å². The highest BCUT2D eigenvalue weighted by atomic mass is 32.1. The van der Waals surface area contributed by atoms with Crippen LogP contribution in [0.1, 0.15) is 37.2 Å². The minimum Gasteiger partial charge on any atom is -0.378 e. The summed E-state index contributed by atoms with van der Waals surface area (Å²) in [6.07, 6.45) is 3.40. The Morgan fingerprint density at radius 3 is 3.00 bits per heavy atom. The number of nitrogens with one attached hydrogen (secondary N) is 2. The van der Waals surface area contributed by atoms with Crippen LogP contribution in [0.25, 0.3) is 11.3 Å². The molecule has 1 fully saturated rings. The molecule has 0 unspecified atom stereocenters. The quantitative estimate of drug-likeness (QED) is 0.838. The zero-order valence-corrected chi connectivity index (χ0v) is 14.6. The first-order chi connectivity index (χ1) is 11.7. The standard InChI is InChI=1S/C18H23N3O2S/c1-13(20-18(22)19-10-9-15-8-5-11-23-15)17-21-16(12-24-17)14-6-3-2-4-7-14/h2-4,6-7,12-13,15H,5,8-11H2,1H3,(H2,19,20,22)/t13-,15-/m1/s1. The molecule has 2 N–H and O–H groups in total. The molecule has 24 heavy (non-hydrogen) atoms. The van der Waals surface area contributed by atoms with Gasteiger partial charge in [-0.25, -0.2) is 9.78 Å². The molecular formula is C18H23N3O2S. The Balaban J connectivity index is 1.46. The molecule has 1 aromatic carbocycles. The largest absolute Gasteiger partial charge is 0.378 e. The molecule has 5 nitrogen and oxygen atoms in total. The smallest absolute Gasteiger partial charge is 0.315 e. The summed E-state index contributed by atoms with van der Waals surface area (Å²) in [7, 11) is 0. The number of rotatable bonds is 6. The molecule has 2 heterocycles. The van der Waals surface area contributed by atoms with E-state index in [1.165, 1.54) is 0 Å². The summed E-state index contributed by atoms with van der Waals surface area (Å²) in [5.74, 6) is 0. The maximum atomic E-state index is 12.0. The molecule has 1 aliphatic heterocycles. The minimum atomic E-state index is -0.156. The Kier molecular flexibility index (Phi) is 5.82. The van der Waals surface area contributed by atoms with Gasteiger partial charge in [0.05, 0.1) is 17.8 Å². The molecule has 2 aromatic rings. The number of ether oxygens (including phenoxy) is 1. The van der Waals surface area contributed by atoms with E-state index in [9.17, 15) is 4.79 Å². The lowest BCUT2D eigenvalue weighted by Crippen LogP contribution is -2.38. The van der Waals surface area contributed by atoms with Gasteiger partial charge in [0.15, 0.2) is 0 Å². The summed E-state index contributed by atoms with van der Waals surface area (Å²) in [5.41, 5.74) is 2.04. The van der Waals surface area contributed by atoms with Crippen LogP contribution in [-0.2, 0) is 4.74 Å².